The van der Waals surface area contributed by atoms with Crippen LogP contribution in [0.1, 0.15) is 22.8 Å². The number of hydrogen-bond acceptors (Lipinski definition) is 8. The molecule has 29 heavy (non-hydrogen) atoms. The van der Waals surface area contributed by atoms with E-state index >= 15 is 0 Å². The highest BCUT2D eigenvalue weighted by atomic mass is 16.5. The van der Waals surface area contributed by atoms with Gasteiger partial charge in [0.15, 0.2) is 11.5 Å². The van der Waals surface area contributed by atoms with E-state index in [-0.39, 0.29) is 5.56 Å². The number of ether oxygens (including phenoxy) is 4. The number of nitrogens with one attached hydrogen (secondary N) is 1. The van der Waals surface area contributed by atoms with E-state index in [1.54, 1.807) is 31.2 Å². The maximum atomic E-state index is 12.5. The number of rotatable bonds is 9. The molecule has 0 saturated carbocycles. The van der Waals surface area contributed by atoms with Crippen LogP contribution in [0.3, 0.4) is 0 Å². The molecule has 1 N–H and O–H groups in total. The first-order valence-corrected chi connectivity index (χ1v) is 8.47. The van der Waals surface area contributed by atoms with Gasteiger partial charge in [-0.25, -0.2) is 5.43 Å². The number of methoxy groups -OCH3 is 3. The zero-order chi connectivity index (χ0) is 21.4. The van der Waals surface area contributed by atoms with Gasteiger partial charge in [-0.3, -0.25) is 4.79 Å². The second-order valence-corrected chi connectivity index (χ2v) is 5.74. The minimum Gasteiger partial charge on any atom is -0.546 e. The molecule has 2 aromatic carbocycles. The molecule has 0 bridgehead atoms. The SMILES string of the molecule is COc1cc(C(=O)N/N=C(/C)c2cccc(OCC(=O)[O-])c2)cc(OC)c1OC. The van der Waals surface area contributed by atoms with Crippen molar-refractivity contribution in [3.8, 4) is 23.0 Å². The largest absolute Gasteiger partial charge is 0.546 e. The Kier molecular flexibility index (Phi) is 7.41. The zero-order valence-electron chi connectivity index (χ0n) is 16.5. The molecule has 0 heterocycles. The van der Waals surface area contributed by atoms with Crippen LogP contribution < -0.4 is 29.5 Å². The molecule has 0 aliphatic rings. The lowest BCUT2D eigenvalue weighted by molar-refractivity contribution is -0.307. The molecule has 0 aromatic heterocycles. The fraction of sp³-hybridized carbons (Fsp3) is 0.250. The van der Waals surface area contributed by atoms with Gasteiger partial charge in [0.25, 0.3) is 5.91 Å². The Morgan fingerprint density at radius 3 is 2.21 bits per heavy atom. The first kappa shape index (κ1) is 21.5. The number of hydrazone groups is 1. The Morgan fingerprint density at radius 1 is 1.00 bits per heavy atom. The molecule has 0 aliphatic carbocycles. The molecular formula is C20H21N2O7-. The van der Waals surface area contributed by atoms with Gasteiger partial charge in [-0.05, 0) is 31.2 Å². The number of carboxylic acid groups (broad SMARTS) is 1. The summed E-state index contributed by atoms with van der Waals surface area (Å²) in [6.07, 6.45) is 0. The Labute approximate surface area is 167 Å². The van der Waals surface area contributed by atoms with Crippen molar-refractivity contribution in [2.45, 2.75) is 6.92 Å². The molecule has 0 saturated heterocycles. The summed E-state index contributed by atoms with van der Waals surface area (Å²) in [5.41, 5.74) is 3.86. The normalized spacial score (nSPS) is 10.8. The van der Waals surface area contributed by atoms with Gasteiger partial charge >= 0.3 is 0 Å². The number of carbonyl (C=O) groups is 2. The van der Waals surface area contributed by atoms with Crippen molar-refractivity contribution in [2.24, 2.45) is 5.10 Å². The van der Waals surface area contributed by atoms with Crippen molar-refractivity contribution in [3.05, 3.63) is 47.5 Å². The van der Waals surface area contributed by atoms with E-state index in [2.05, 4.69) is 10.5 Å². The topological polar surface area (TPSA) is 119 Å². The van der Waals surface area contributed by atoms with E-state index in [0.29, 0.717) is 34.3 Å². The van der Waals surface area contributed by atoms with Crippen LogP contribution in [0.2, 0.25) is 0 Å². The van der Waals surface area contributed by atoms with Crippen molar-refractivity contribution in [3.63, 3.8) is 0 Å². The highest BCUT2D eigenvalue weighted by molar-refractivity contribution is 6.01. The minimum absolute atomic E-state index is 0.266. The van der Waals surface area contributed by atoms with Crippen molar-refractivity contribution in [1.82, 2.24) is 5.43 Å². The summed E-state index contributed by atoms with van der Waals surface area (Å²) < 4.78 is 20.8. The average Bonchev–Trinajstić information content (AvgIpc) is 2.74. The maximum absolute atomic E-state index is 12.5. The lowest BCUT2D eigenvalue weighted by Crippen LogP contribution is -2.28. The summed E-state index contributed by atoms with van der Waals surface area (Å²) in [7, 11) is 4.38. The number of amides is 1. The third-order valence-electron chi connectivity index (χ3n) is 3.86. The standard InChI is InChI=1S/C20H22N2O7/c1-12(13-6-5-7-15(8-13)29-11-18(23)24)21-22-20(25)14-9-16(26-2)19(28-4)17(10-14)27-3/h5-10H,11H2,1-4H3,(H,22,25)(H,23,24)/p-1/b21-12-. The summed E-state index contributed by atoms with van der Waals surface area (Å²) in [5.74, 6) is -0.394. The fourth-order valence-electron chi connectivity index (χ4n) is 2.43. The van der Waals surface area contributed by atoms with E-state index in [9.17, 15) is 14.7 Å². The van der Waals surface area contributed by atoms with Gasteiger partial charge in [-0.15, -0.1) is 0 Å². The van der Waals surface area contributed by atoms with E-state index in [1.165, 1.54) is 33.5 Å². The first-order valence-electron chi connectivity index (χ1n) is 8.47. The van der Waals surface area contributed by atoms with Crippen LogP contribution in [-0.2, 0) is 4.79 Å². The van der Waals surface area contributed by atoms with Crippen molar-refractivity contribution in [1.29, 1.82) is 0 Å². The number of aliphatic carboxylic acids is 1. The van der Waals surface area contributed by atoms with Gasteiger partial charge in [0.2, 0.25) is 5.75 Å². The van der Waals surface area contributed by atoms with E-state index < -0.39 is 18.5 Å². The number of carbonyl (C=O) groups excluding carboxylic acids is 2. The Bertz CT molecular complexity index is 900. The van der Waals surface area contributed by atoms with Crippen LogP contribution >= 0.6 is 0 Å². The first-order chi connectivity index (χ1) is 13.9. The van der Waals surface area contributed by atoms with Gasteiger partial charge in [0.1, 0.15) is 12.4 Å². The molecule has 2 rings (SSSR count). The summed E-state index contributed by atoms with van der Waals surface area (Å²) in [6.45, 7) is 1.13. The van der Waals surface area contributed by atoms with Gasteiger partial charge in [0.05, 0.1) is 33.0 Å². The van der Waals surface area contributed by atoms with Crippen LogP contribution in [0, 0.1) is 0 Å². The predicted molar refractivity (Wildman–Crippen MR) is 103 cm³/mol. The monoisotopic (exact) mass is 401 g/mol. The Balaban J connectivity index is 2.18. The second-order valence-electron chi connectivity index (χ2n) is 5.74. The fourth-order valence-corrected chi connectivity index (χ4v) is 2.43. The quantitative estimate of drug-likeness (QED) is 0.492. The molecule has 9 nitrogen and oxygen atoms in total. The summed E-state index contributed by atoms with van der Waals surface area (Å²) in [4.78, 5) is 23.0. The van der Waals surface area contributed by atoms with Gasteiger partial charge in [0, 0.05) is 11.1 Å². The van der Waals surface area contributed by atoms with Crippen LogP contribution in [0.4, 0.5) is 0 Å². The lowest BCUT2D eigenvalue weighted by Gasteiger charge is -2.13. The summed E-state index contributed by atoms with van der Waals surface area (Å²) in [5, 5.41) is 14.6. The molecular weight excluding hydrogens is 380 g/mol. The smallest absolute Gasteiger partial charge is 0.271 e. The molecule has 0 spiro atoms. The molecule has 154 valence electrons. The molecule has 0 atom stereocenters. The molecule has 0 radical (unpaired) electrons. The van der Waals surface area contributed by atoms with Crippen LogP contribution in [0.25, 0.3) is 0 Å². The molecule has 1 amide bonds. The van der Waals surface area contributed by atoms with Crippen molar-refractivity contribution >= 4 is 17.6 Å². The summed E-state index contributed by atoms with van der Waals surface area (Å²) in [6, 6.07) is 9.66. The highest BCUT2D eigenvalue weighted by Gasteiger charge is 2.17. The number of nitrogens with zero attached hydrogens (tertiary/aromatic N) is 1. The molecule has 0 fully saturated rings. The van der Waals surface area contributed by atoms with Crippen molar-refractivity contribution in [2.75, 3.05) is 27.9 Å². The van der Waals surface area contributed by atoms with E-state index in [4.69, 9.17) is 18.9 Å². The van der Waals surface area contributed by atoms with Crippen LogP contribution in [0.15, 0.2) is 41.5 Å². The second kappa shape index (κ2) is 9.98. The average molecular weight is 401 g/mol. The zero-order valence-corrected chi connectivity index (χ0v) is 16.5. The number of carboxylic acids is 1. The Hall–Kier alpha value is -3.75. The molecule has 2 aromatic rings. The van der Waals surface area contributed by atoms with E-state index in [0.717, 1.165) is 0 Å². The lowest BCUT2D eigenvalue weighted by atomic mass is 10.1. The van der Waals surface area contributed by atoms with Crippen LogP contribution in [0.5, 0.6) is 23.0 Å². The van der Waals surface area contributed by atoms with E-state index in [1.807, 2.05) is 0 Å². The number of benzene rings is 2. The third kappa shape index (κ3) is 5.61. The van der Waals surface area contributed by atoms with Gasteiger partial charge < -0.3 is 28.8 Å². The Morgan fingerprint density at radius 2 is 1.66 bits per heavy atom. The third-order valence-corrected chi connectivity index (χ3v) is 3.86. The maximum Gasteiger partial charge on any atom is 0.271 e. The van der Waals surface area contributed by atoms with Gasteiger partial charge in [-0.1, -0.05) is 12.1 Å². The predicted octanol–water partition coefficient (Wildman–Crippen LogP) is 0.995. The van der Waals surface area contributed by atoms with Gasteiger partial charge in [-0.2, -0.15) is 5.10 Å². The summed E-state index contributed by atoms with van der Waals surface area (Å²) >= 11 is 0. The molecule has 0 aliphatic heterocycles. The van der Waals surface area contributed by atoms with Crippen molar-refractivity contribution < 1.29 is 33.6 Å². The minimum atomic E-state index is -1.32. The van der Waals surface area contributed by atoms with Crippen LogP contribution in [-0.4, -0.2) is 45.5 Å². The molecule has 9 heteroatoms. The molecule has 0 unspecified atom stereocenters. The number of hydrogen-bond donors (Lipinski definition) is 1. The highest BCUT2D eigenvalue weighted by Crippen LogP contribution is 2.38.